The summed E-state index contributed by atoms with van der Waals surface area (Å²) >= 11 is 0. The van der Waals surface area contributed by atoms with Crippen LogP contribution in [0.15, 0.2) is 66.7 Å². The predicted octanol–water partition coefficient (Wildman–Crippen LogP) is 7.87. The summed E-state index contributed by atoms with van der Waals surface area (Å²) in [6.07, 6.45) is 6.24. The number of aryl methyl sites for hydroxylation is 1. The second-order valence-corrected chi connectivity index (χ2v) is 11.2. The molecule has 0 aliphatic heterocycles. The van der Waals surface area contributed by atoms with Crippen LogP contribution in [-0.4, -0.2) is 22.7 Å². The van der Waals surface area contributed by atoms with Gasteiger partial charge in [0.2, 0.25) is 0 Å². The first kappa shape index (κ1) is 22.9. The third kappa shape index (κ3) is 3.31. The van der Waals surface area contributed by atoms with Gasteiger partial charge in [-0.1, -0.05) is 81.4 Å². The molecular weight excluding hydrogens is 446 g/mol. The molecule has 4 heteroatoms. The number of allylic oxidation sites excluding steroid dienone is 2. The van der Waals surface area contributed by atoms with Crippen LogP contribution in [0.5, 0.6) is 5.75 Å². The van der Waals surface area contributed by atoms with Gasteiger partial charge in [-0.05, 0) is 65.0 Å². The van der Waals surface area contributed by atoms with Crippen molar-refractivity contribution in [3.63, 3.8) is 0 Å². The van der Waals surface area contributed by atoms with E-state index in [1.54, 1.807) is 0 Å². The number of fused-ring (bicyclic) bond motifs is 4. The maximum atomic E-state index is 12.2. The number of carbonyl (C=O) groups is 1. The number of aromatic nitrogens is 1. The summed E-state index contributed by atoms with van der Waals surface area (Å²) in [5.74, 6) is 0.537. The van der Waals surface area contributed by atoms with E-state index in [1.165, 1.54) is 18.4 Å². The monoisotopic (exact) mass is 479 g/mol. The number of ether oxygens (including phenoxy) is 1. The first-order valence-corrected chi connectivity index (χ1v) is 13.0. The number of benzene rings is 3. The van der Waals surface area contributed by atoms with Crippen LogP contribution in [0.3, 0.4) is 0 Å². The van der Waals surface area contributed by atoms with Crippen molar-refractivity contribution in [2.24, 2.45) is 16.7 Å². The summed E-state index contributed by atoms with van der Waals surface area (Å²) in [4.78, 5) is 15.6. The van der Waals surface area contributed by atoms with Crippen molar-refractivity contribution in [2.75, 3.05) is 6.61 Å². The van der Waals surface area contributed by atoms with Gasteiger partial charge in [-0.3, -0.25) is 0 Å². The first-order valence-electron chi connectivity index (χ1n) is 13.0. The van der Waals surface area contributed by atoms with E-state index < -0.39 is 5.97 Å². The molecule has 1 aromatic heterocycles. The summed E-state index contributed by atoms with van der Waals surface area (Å²) in [6, 6.07) is 20.6. The third-order valence-electron chi connectivity index (χ3n) is 9.29. The Kier molecular flexibility index (Phi) is 5.26. The minimum absolute atomic E-state index is 0.104. The van der Waals surface area contributed by atoms with Crippen molar-refractivity contribution >= 4 is 33.2 Å². The van der Waals surface area contributed by atoms with Crippen molar-refractivity contribution in [3.8, 4) is 5.75 Å². The largest absolute Gasteiger partial charge is 0.493 e. The van der Waals surface area contributed by atoms with E-state index in [4.69, 9.17) is 4.74 Å². The number of para-hydroxylation sites is 1. The highest BCUT2D eigenvalue weighted by Gasteiger charge is 2.57. The molecule has 1 saturated carbocycles. The second-order valence-electron chi connectivity index (χ2n) is 11.2. The SMILES string of the molecule is CC1(C)[C@H]2C=C(c3cccc4c(CCCOc5cccc6ccccc56)c(C(=O)O)[nH]c34)[C@@]1(C)CC2. The molecule has 2 N–H and O–H groups in total. The molecule has 0 radical (unpaired) electrons. The highest BCUT2D eigenvalue weighted by atomic mass is 16.5. The van der Waals surface area contributed by atoms with Gasteiger partial charge in [0.25, 0.3) is 0 Å². The lowest BCUT2D eigenvalue weighted by Crippen LogP contribution is -2.29. The molecule has 4 nitrogen and oxygen atoms in total. The van der Waals surface area contributed by atoms with Crippen LogP contribution in [0.1, 0.15) is 61.6 Å². The van der Waals surface area contributed by atoms with Crippen LogP contribution in [0.4, 0.5) is 0 Å². The highest BCUT2D eigenvalue weighted by molar-refractivity contribution is 6.02. The summed E-state index contributed by atoms with van der Waals surface area (Å²) < 4.78 is 6.14. The van der Waals surface area contributed by atoms with Crippen LogP contribution < -0.4 is 4.74 Å². The van der Waals surface area contributed by atoms with Crippen LogP contribution in [-0.2, 0) is 6.42 Å². The smallest absolute Gasteiger partial charge is 0.352 e. The van der Waals surface area contributed by atoms with Gasteiger partial charge in [0.1, 0.15) is 11.4 Å². The van der Waals surface area contributed by atoms with E-state index in [9.17, 15) is 9.90 Å². The van der Waals surface area contributed by atoms with Crippen molar-refractivity contribution in [1.82, 2.24) is 4.98 Å². The number of H-pyrrole nitrogens is 1. The Morgan fingerprint density at radius 1 is 1.03 bits per heavy atom. The molecule has 2 aliphatic carbocycles. The van der Waals surface area contributed by atoms with Crippen molar-refractivity contribution in [2.45, 2.75) is 46.5 Å². The number of nitrogens with one attached hydrogen (secondary N) is 1. The fourth-order valence-electron chi connectivity index (χ4n) is 6.77. The topological polar surface area (TPSA) is 62.3 Å². The van der Waals surface area contributed by atoms with Gasteiger partial charge in [-0.2, -0.15) is 0 Å². The predicted molar refractivity (Wildman–Crippen MR) is 146 cm³/mol. The second kappa shape index (κ2) is 8.26. The van der Waals surface area contributed by atoms with Gasteiger partial charge in [0, 0.05) is 16.3 Å². The van der Waals surface area contributed by atoms with Gasteiger partial charge < -0.3 is 14.8 Å². The van der Waals surface area contributed by atoms with E-state index in [-0.39, 0.29) is 10.8 Å². The molecule has 2 bridgehead atoms. The van der Waals surface area contributed by atoms with E-state index in [1.807, 2.05) is 24.3 Å². The molecule has 3 aromatic carbocycles. The van der Waals surface area contributed by atoms with E-state index in [0.717, 1.165) is 45.0 Å². The number of aromatic carboxylic acids is 1. The lowest BCUT2D eigenvalue weighted by Gasteiger charge is -2.37. The van der Waals surface area contributed by atoms with Gasteiger partial charge in [0.15, 0.2) is 0 Å². The van der Waals surface area contributed by atoms with Crippen LogP contribution in [0.25, 0.3) is 27.2 Å². The molecule has 184 valence electrons. The van der Waals surface area contributed by atoms with E-state index in [0.29, 0.717) is 24.6 Å². The minimum Gasteiger partial charge on any atom is -0.493 e. The molecule has 2 aliphatic rings. The fraction of sp³-hybridized carbons (Fsp3) is 0.344. The number of aromatic amines is 1. The van der Waals surface area contributed by atoms with E-state index in [2.05, 4.69) is 68.2 Å². The highest BCUT2D eigenvalue weighted by Crippen LogP contribution is 2.67. The summed E-state index contributed by atoms with van der Waals surface area (Å²) in [5.41, 5.74) is 4.98. The minimum atomic E-state index is -0.907. The van der Waals surface area contributed by atoms with Crippen molar-refractivity contribution < 1.29 is 14.6 Å². The number of rotatable bonds is 7. The number of carboxylic acid groups (broad SMARTS) is 1. The zero-order valence-electron chi connectivity index (χ0n) is 21.2. The Bertz CT molecular complexity index is 1520. The molecule has 0 spiro atoms. The zero-order valence-corrected chi connectivity index (χ0v) is 21.2. The maximum Gasteiger partial charge on any atom is 0.352 e. The lowest BCUT2D eigenvalue weighted by molar-refractivity contribution is 0.0690. The fourth-order valence-corrected chi connectivity index (χ4v) is 6.77. The molecule has 0 unspecified atom stereocenters. The lowest BCUT2D eigenvalue weighted by atomic mass is 9.66. The van der Waals surface area contributed by atoms with Crippen molar-refractivity contribution in [1.29, 1.82) is 0 Å². The van der Waals surface area contributed by atoms with Gasteiger partial charge in [-0.15, -0.1) is 0 Å². The molecule has 1 heterocycles. The number of carboxylic acids is 1. The average Bonchev–Trinajstić information content (AvgIpc) is 3.42. The zero-order chi connectivity index (χ0) is 25.1. The van der Waals surface area contributed by atoms with Gasteiger partial charge in [-0.25, -0.2) is 4.79 Å². The maximum absolute atomic E-state index is 12.2. The summed E-state index contributed by atoms with van der Waals surface area (Å²) in [6.45, 7) is 7.68. The quantitative estimate of drug-likeness (QED) is 0.265. The molecule has 1 fully saturated rings. The van der Waals surface area contributed by atoms with Crippen LogP contribution in [0.2, 0.25) is 0 Å². The summed E-state index contributed by atoms with van der Waals surface area (Å²) in [7, 11) is 0. The number of hydrogen-bond acceptors (Lipinski definition) is 2. The third-order valence-corrected chi connectivity index (χ3v) is 9.29. The number of hydrogen-bond donors (Lipinski definition) is 2. The Morgan fingerprint density at radius 2 is 1.78 bits per heavy atom. The molecule has 36 heavy (non-hydrogen) atoms. The Labute approximate surface area is 212 Å². The first-order chi connectivity index (χ1) is 17.3. The molecule has 4 aromatic rings. The Hall–Kier alpha value is -3.53. The molecule has 0 amide bonds. The van der Waals surface area contributed by atoms with Crippen LogP contribution in [0, 0.1) is 16.7 Å². The molecule has 6 rings (SSSR count). The average molecular weight is 480 g/mol. The standard InChI is InChI=1S/C32H33NO3/c1-31(2)21-16-17-32(31,3)26(19-21)25-13-7-12-23-24(29(30(34)35)33-28(23)25)14-8-18-36-27-15-6-10-20-9-4-5-11-22(20)27/h4-7,9-13,15,19,21,33H,8,14,16-18H2,1-3H3,(H,34,35)/t21-,32-/m1/s1. The van der Waals surface area contributed by atoms with E-state index >= 15 is 0 Å². The normalized spacial score (nSPS) is 22.3. The Morgan fingerprint density at radius 3 is 2.53 bits per heavy atom. The molecular formula is C32H33NO3. The molecule has 2 atom stereocenters. The van der Waals surface area contributed by atoms with Gasteiger partial charge >= 0.3 is 5.97 Å². The van der Waals surface area contributed by atoms with Crippen molar-refractivity contribution in [3.05, 3.63) is 83.6 Å². The van der Waals surface area contributed by atoms with Gasteiger partial charge in [0.05, 0.1) is 12.1 Å². The molecule has 0 saturated heterocycles. The Balaban J connectivity index is 1.29. The summed E-state index contributed by atoms with van der Waals surface area (Å²) in [5, 5.41) is 13.3. The van der Waals surface area contributed by atoms with Crippen LogP contribution >= 0.6 is 0 Å².